The second-order valence-corrected chi connectivity index (χ2v) is 6.60. The third-order valence-electron chi connectivity index (χ3n) is 5.45. The summed E-state index contributed by atoms with van der Waals surface area (Å²) in [6.45, 7) is 6.31. The Labute approximate surface area is 118 Å². The fraction of sp³-hybridized carbons (Fsp3) is 1.00. The van der Waals surface area contributed by atoms with Crippen molar-refractivity contribution in [3.8, 4) is 0 Å². The lowest BCUT2D eigenvalue weighted by atomic mass is 9.82. The van der Waals surface area contributed by atoms with Gasteiger partial charge in [-0.25, -0.2) is 0 Å². The SMILES string of the molecule is CCCC1CCC2CCC(C(C)O)N2C(O)C1CC. The van der Waals surface area contributed by atoms with Gasteiger partial charge in [-0.1, -0.05) is 26.7 Å². The summed E-state index contributed by atoms with van der Waals surface area (Å²) < 4.78 is 0. The molecule has 19 heavy (non-hydrogen) atoms. The van der Waals surface area contributed by atoms with Gasteiger partial charge in [-0.3, -0.25) is 4.90 Å². The maximum Gasteiger partial charge on any atom is 0.111 e. The maximum absolute atomic E-state index is 10.9. The Hall–Kier alpha value is -0.120. The van der Waals surface area contributed by atoms with E-state index in [4.69, 9.17) is 0 Å². The first-order valence-corrected chi connectivity index (χ1v) is 8.23. The Balaban J connectivity index is 2.17. The molecule has 3 nitrogen and oxygen atoms in total. The molecule has 0 bridgehead atoms. The van der Waals surface area contributed by atoms with Crippen LogP contribution in [0.1, 0.15) is 65.7 Å². The molecule has 2 rings (SSSR count). The van der Waals surface area contributed by atoms with Crippen LogP contribution < -0.4 is 0 Å². The molecule has 0 aliphatic carbocycles. The minimum absolute atomic E-state index is 0.162. The number of aliphatic hydroxyl groups excluding tert-OH is 2. The fourth-order valence-corrected chi connectivity index (χ4v) is 4.49. The summed E-state index contributed by atoms with van der Waals surface area (Å²) in [5, 5.41) is 20.8. The molecule has 6 atom stereocenters. The zero-order valence-corrected chi connectivity index (χ0v) is 12.8. The van der Waals surface area contributed by atoms with Crippen molar-refractivity contribution in [3.05, 3.63) is 0 Å². The highest BCUT2D eigenvalue weighted by atomic mass is 16.3. The van der Waals surface area contributed by atoms with Gasteiger partial charge in [0, 0.05) is 18.0 Å². The lowest BCUT2D eigenvalue weighted by Gasteiger charge is -2.38. The highest BCUT2D eigenvalue weighted by molar-refractivity contribution is 4.96. The summed E-state index contributed by atoms with van der Waals surface area (Å²) >= 11 is 0. The standard InChI is InChI=1S/C16H31NO2/c1-4-6-12-7-8-13-9-10-15(11(3)18)17(13)16(19)14(12)5-2/h11-16,18-19H,4-10H2,1-3H3. The molecule has 6 unspecified atom stereocenters. The smallest absolute Gasteiger partial charge is 0.111 e. The van der Waals surface area contributed by atoms with Crippen LogP contribution in [0, 0.1) is 11.8 Å². The molecule has 0 saturated carbocycles. The first-order chi connectivity index (χ1) is 9.10. The van der Waals surface area contributed by atoms with Gasteiger partial charge in [-0.2, -0.15) is 0 Å². The van der Waals surface area contributed by atoms with Gasteiger partial charge < -0.3 is 10.2 Å². The molecule has 2 aliphatic rings. The van der Waals surface area contributed by atoms with E-state index in [1.807, 2.05) is 6.92 Å². The van der Waals surface area contributed by atoms with Crippen LogP contribution in [-0.4, -0.2) is 39.5 Å². The monoisotopic (exact) mass is 269 g/mol. The number of aliphatic hydroxyl groups is 2. The van der Waals surface area contributed by atoms with Gasteiger partial charge >= 0.3 is 0 Å². The lowest BCUT2D eigenvalue weighted by molar-refractivity contribution is -0.0920. The van der Waals surface area contributed by atoms with E-state index in [0.29, 0.717) is 17.9 Å². The Bertz CT molecular complexity index is 282. The number of rotatable bonds is 4. The summed E-state index contributed by atoms with van der Waals surface area (Å²) in [6, 6.07) is 0.653. The molecule has 2 heterocycles. The van der Waals surface area contributed by atoms with E-state index in [-0.39, 0.29) is 18.4 Å². The highest BCUT2D eigenvalue weighted by Crippen LogP contribution is 2.41. The number of nitrogens with zero attached hydrogens (tertiary/aromatic N) is 1. The van der Waals surface area contributed by atoms with Crippen LogP contribution in [-0.2, 0) is 0 Å². The quantitative estimate of drug-likeness (QED) is 0.825. The average Bonchev–Trinajstić information content (AvgIpc) is 2.75. The van der Waals surface area contributed by atoms with Gasteiger partial charge in [0.1, 0.15) is 6.23 Å². The predicted octanol–water partition coefficient (Wildman–Crippen LogP) is 2.75. The molecule has 0 amide bonds. The van der Waals surface area contributed by atoms with Crippen molar-refractivity contribution in [3.63, 3.8) is 0 Å². The largest absolute Gasteiger partial charge is 0.392 e. The molecule has 2 fully saturated rings. The average molecular weight is 269 g/mol. The van der Waals surface area contributed by atoms with Crippen molar-refractivity contribution in [2.45, 2.75) is 90.1 Å². The van der Waals surface area contributed by atoms with Crippen molar-refractivity contribution < 1.29 is 10.2 Å². The van der Waals surface area contributed by atoms with Crippen LogP contribution >= 0.6 is 0 Å². The van der Waals surface area contributed by atoms with Gasteiger partial charge in [-0.15, -0.1) is 0 Å². The predicted molar refractivity (Wildman–Crippen MR) is 77.7 cm³/mol. The van der Waals surface area contributed by atoms with Crippen molar-refractivity contribution in [2.75, 3.05) is 0 Å². The van der Waals surface area contributed by atoms with Gasteiger partial charge in [0.05, 0.1) is 6.10 Å². The van der Waals surface area contributed by atoms with Gasteiger partial charge in [0.2, 0.25) is 0 Å². The normalized spacial score (nSPS) is 41.8. The molecule has 0 aromatic heterocycles. The minimum Gasteiger partial charge on any atom is -0.392 e. The van der Waals surface area contributed by atoms with Crippen LogP contribution in [0.3, 0.4) is 0 Å². The summed E-state index contributed by atoms with van der Waals surface area (Å²) in [6.07, 6.45) is 7.42. The van der Waals surface area contributed by atoms with E-state index in [9.17, 15) is 10.2 Å². The van der Waals surface area contributed by atoms with E-state index in [2.05, 4.69) is 18.7 Å². The van der Waals surface area contributed by atoms with Crippen molar-refractivity contribution >= 4 is 0 Å². The summed E-state index contributed by atoms with van der Waals surface area (Å²) in [5.74, 6) is 1.04. The molecular weight excluding hydrogens is 238 g/mol. The molecule has 2 aliphatic heterocycles. The molecule has 2 N–H and O–H groups in total. The molecule has 0 radical (unpaired) electrons. The third kappa shape index (κ3) is 2.98. The van der Waals surface area contributed by atoms with E-state index in [1.165, 1.54) is 25.7 Å². The zero-order chi connectivity index (χ0) is 14.0. The minimum atomic E-state index is -0.351. The van der Waals surface area contributed by atoms with Crippen molar-refractivity contribution in [1.82, 2.24) is 4.90 Å². The van der Waals surface area contributed by atoms with Gasteiger partial charge in [-0.05, 0) is 44.9 Å². The first kappa shape index (κ1) is 15.3. The molecule has 0 aromatic rings. The van der Waals surface area contributed by atoms with Crippen molar-refractivity contribution in [2.24, 2.45) is 11.8 Å². The summed E-state index contributed by atoms with van der Waals surface area (Å²) in [7, 11) is 0. The lowest BCUT2D eigenvalue weighted by Crippen LogP contribution is -2.50. The second kappa shape index (κ2) is 6.55. The topological polar surface area (TPSA) is 43.7 Å². The van der Waals surface area contributed by atoms with Crippen LogP contribution in [0.4, 0.5) is 0 Å². The Morgan fingerprint density at radius 3 is 2.42 bits per heavy atom. The second-order valence-electron chi connectivity index (χ2n) is 6.60. The van der Waals surface area contributed by atoms with E-state index < -0.39 is 0 Å². The molecule has 2 saturated heterocycles. The first-order valence-electron chi connectivity index (χ1n) is 8.23. The summed E-state index contributed by atoms with van der Waals surface area (Å²) in [4.78, 5) is 2.26. The number of hydrogen-bond donors (Lipinski definition) is 2. The van der Waals surface area contributed by atoms with Crippen LogP contribution in [0.15, 0.2) is 0 Å². The summed E-state index contributed by atoms with van der Waals surface area (Å²) in [5.41, 5.74) is 0. The molecule has 112 valence electrons. The molecule has 0 aromatic carbocycles. The molecular formula is C16H31NO2. The molecule has 0 spiro atoms. The fourth-order valence-electron chi connectivity index (χ4n) is 4.49. The third-order valence-corrected chi connectivity index (χ3v) is 5.45. The Morgan fingerprint density at radius 2 is 1.84 bits per heavy atom. The van der Waals surface area contributed by atoms with E-state index in [1.54, 1.807) is 0 Å². The van der Waals surface area contributed by atoms with Crippen LogP contribution in [0.5, 0.6) is 0 Å². The number of hydrogen-bond acceptors (Lipinski definition) is 3. The highest BCUT2D eigenvalue weighted by Gasteiger charge is 2.45. The maximum atomic E-state index is 10.9. The van der Waals surface area contributed by atoms with Gasteiger partial charge in [0.15, 0.2) is 0 Å². The zero-order valence-electron chi connectivity index (χ0n) is 12.8. The Morgan fingerprint density at radius 1 is 1.16 bits per heavy atom. The van der Waals surface area contributed by atoms with E-state index >= 15 is 0 Å². The van der Waals surface area contributed by atoms with Gasteiger partial charge in [0.25, 0.3) is 0 Å². The van der Waals surface area contributed by atoms with Crippen LogP contribution in [0.2, 0.25) is 0 Å². The van der Waals surface area contributed by atoms with Crippen molar-refractivity contribution in [1.29, 1.82) is 0 Å². The van der Waals surface area contributed by atoms with E-state index in [0.717, 1.165) is 19.3 Å². The Kier molecular flexibility index (Phi) is 5.27. The molecule has 3 heteroatoms. The van der Waals surface area contributed by atoms with Crippen LogP contribution in [0.25, 0.3) is 0 Å². The number of fused-ring (bicyclic) bond motifs is 1.